The lowest BCUT2D eigenvalue weighted by molar-refractivity contribution is 0.0642. The van der Waals surface area contributed by atoms with Crippen LogP contribution < -0.4 is 10.0 Å². The number of nitrogens with one attached hydrogen (secondary N) is 2. The van der Waals surface area contributed by atoms with Crippen molar-refractivity contribution in [3.8, 4) is 0 Å². The fraction of sp³-hybridized carbons (Fsp3) is 0.250. The van der Waals surface area contributed by atoms with E-state index in [1.165, 1.54) is 12.1 Å². The fourth-order valence-corrected chi connectivity index (χ4v) is 4.15. The van der Waals surface area contributed by atoms with E-state index in [1.54, 1.807) is 36.4 Å². The maximum atomic E-state index is 12.4. The van der Waals surface area contributed by atoms with Gasteiger partial charge < -0.3 is 10.4 Å². The number of benzene rings is 2. The molecule has 0 bridgehead atoms. The number of imide groups is 1. The van der Waals surface area contributed by atoms with Gasteiger partial charge in [0.25, 0.3) is 11.8 Å². The monoisotopic (exact) mass is 431 g/mol. The largest absolute Gasteiger partial charge is 0.465 e. The summed E-state index contributed by atoms with van der Waals surface area (Å²) in [6.45, 7) is 0.487. The van der Waals surface area contributed by atoms with Crippen LogP contribution in [0.1, 0.15) is 39.1 Å². The van der Waals surface area contributed by atoms with Gasteiger partial charge in [0.1, 0.15) is 0 Å². The third kappa shape index (κ3) is 4.84. The van der Waals surface area contributed by atoms with E-state index in [0.717, 1.165) is 4.90 Å². The number of carbonyl (C=O) groups is 3. The Balaban J connectivity index is 1.57. The minimum absolute atomic E-state index is 0.0523. The van der Waals surface area contributed by atoms with Gasteiger partial charge >= 0.3 is 6.09 Å². The topological polar surface area (TPSA) is 133 Å². The van der Waals surface area contributed by atoms with Crippen LogP contribution in [0.25, 0.3) is 0 Å². The van der Waals surface area contributed by atoms with Gasteiger partial charge in [0.2, 0.25) is 10.0 Å². The first kappa shape index (κ1) is 21.5. The Morgan fingerprint density at radius 3 is 2.03 bits per heavy atom. The molecule has 1 aliphatic rings. The summed E-state index contributed by atoms with van der Waals surface area (Å²) in [5.41, 5.74) is 1.36. The fourth-order valence-electron chi connectivity index (χ4n) is 3.07. The summed E-state index contributed by atoms with van der Waals surface area (Å²) in [5.74, 6) is -0.738. The van der Waals surface area contributed by atoms with Crippen LogP contribution in [0.2, 0.25) is 0 Å². The molecule has 1 heterocycles. The van der Waals surface area contributed by atoms with Crippen molar-refractivity contribution in [2.75, 3.05) is 13.1 Å². The zero-order chi connectivity index (χ0) is 21.7. The van der Waals surface area contributed by atoms with Gasteiger partial charge in [-0.05, 0) is 42.7 Å². The second-order valence-corrected chi connectivity index (χ2v) is 8.49. The van der Waals surface area contributed by atoms with Gasteiger partial charge in [-0.2, -0.15) is 0 Å². The van der Waals surface area contributed by atoms with Crippen LogP contribution >= 0.6 is 0 Å². The van der Waals surface area contributed by atoms with Crippen molar-refractivity contribution >= 4 is 27.9 Å². The molecule has 0 atom stereocenters. The van der Waals surface area contributed by atoms with Crippen molar-refractivity contribution in [1.82, 2.24) is 14.9 Å². The smallest absolute Gasteiger partial charge is 0.404 e. The highest BCUT2D eigenvalue weighted by Crippen LogP contribution is 2.24. The zero-order valence-electron chi connectivity index (χ0n) is 16.0. The Labute approximate surface area is 173 Å². The van der Waals surface area contributed by atoms with Gasteiger partial charge in [-0.15, -0.1) is 0 Å². The molecule has 158 valence electrons. The average molecular weight is 431 g/mol. The van der Waals surface area contributed by atoms with Gasteiger partial charge in [-0.25, -0.2) is 17.9 Å². The Kier molecular flexibility index (Phi) is 6.48. The van der Waals surface area contributed by atoms with Crippen LogP contribution in [-0.2, 0) is 16.6 Å². The summed E-state index contributed by atoms with van der Waals surface area (Å²) in [4.78, 5) is 36.4. The molecule has 3 N–H and O–H groups in total. The summed E-state index contributed by atoms with van der Waals surface area (Å²) >= 11 is 0. The number of amides is 3. The third-order valence-corrected chi connectivity index (χ3v) is 6.10. The van der Waals surface area contributed by atoms with Gasteiger partial charge in [0.15, 0.2) is 0 Å². The van der Waals surface area contributed by atoms with Crippen LogP contribution in [0, 0.1) is 0 Å². The molecule has 0 saturated carbocycles. The summed E-state index contributed by atoms with van der Waals surface area (Å²) in [6.07, 6.45) is -0.123. The molecule has 10 heteroatoms. The molecular weight excluding hydrogens is 410 g/mol. The van der Waals surface area contributed by atoms with Crippen LogP contribution in [0.5, 0.6) is 0 Å². The van der Waals surface area contributed by atoms with Crippen LogP contribution in [0.3, 0.4) is 0 Å². The van der Waals surface area contributed by atoms with Crippen LogP contribution in [-0.4, -0.2) is 49.4 Å². The number of carbonyl (C=O) groups excluding carboxylic acids is 2. The van der Waals surface area contributed by atoms with Crippen molar-refractivity contribution in [3.05, 3.63) is 65.2 Å². The summed E-state index contributed by atoms with van der Waals surface area (Å²) in [5, 5.41) is 10.7. The van der Waals surface area contributed by atoms with Gasteiger partial charge in [0, 0.05) is 13.1 Å². The molecule has 9 nitrogen and oxygen atoms in total. The summed E-state index contributed by atoms with van der Waals surface area (Å²) in [6, 6.07) is 12.6. The number of fused-ring (bicyclic) bond motifs is 1. The van der Waals surface area contributed by atoms with Crippen LogP contribution in [0.15, 0.2) is 53.4 Å². The molecule has 0 fully saturated rings. The minimum Gasteiger partial charge on any atom is -0.465 e. The Hall–Kier alpha value is -3.24. The number of sulfonamides is 1. The maximum Gasteiger partial charge on any atom is 0.404 e. The molecule has 0 saturated heterocycles. The molecule has 0 radical (unpaired) electrons. The molecule has 30 heavy (non-hydrogen) atoms. The molecule has 3 rings (SSSR count). The van der Waals surface area contributed by atoms with E-state index < -0.39 is 16.1 Å². The van der Waals surface area contributed by atoms with E-state index in [2.05, 4.69) is 10.0 Å². The van der Waals surface area contributed by atoms with E-state index in [0.29, 0.717) is 29.5 Å². The molecule has 0 spiro atoms. The normalized spacial score (nSPS) is 13.4. The number of carboxylic acid groups (broad SMARTS) is 1. The summed E-state index contributed by atoms with van der Waals surface area (Å²) in [7, 11) is -3.71. The average Bonchev–Trinajstić information content (AvgIpc) is 2.96. The van der Waals surface area contributed by atoms with E-state index in [9.17, 15) is 22.8 Å². The molecule has 3 amide bonds. The Morgan fingerprint density at radius 2 is 1.47 bits per heavy atom. The SMILES string of the molecule is O=C(O)NCCCCNS(=O)(=O)c1ccc(CN2C(=O)c3ccccc3C2=O)cc1. The molecule has 0 aliphatic carbocycles. The molecule has 0 unspecified atom stereocenters. The Bertz CT molecular complexity index is 1030. The predicted octanol–water partition coefficient (Wildman–Crippen LogP) is 1.81. The number of hydrogen-bond donors (Lipinski definition) is 3. The lowest BCUT2D eigenvalue weighted by atomic mass is 10.1. The van der Waals surface area contributed by atoms with Crippen molar-refractivity contribution in [2.24, 2.45) is 0 Å². The first-order chi connectivity index (χ1) is 14.3. The first-order valence-corrected chi connectivity index (χ1v) is 10.8. The Morgan fingerprint density at radius 1 is 0.900 bits per heavy atom. The number of unbranched alkanes of at least 4 members (excludes halogenated alkanes) is 1. The molecule has 2 aromatic carbocycles. The van der Waals surface area contributed by atoms with Crippen LogP contribution in [0.4, 0.5) is 4.79 Å². The van der Waals surface area contributed by atoms with E-state index in [1.807, 2.05) is 0 Å². The minimum atomic E-state index is -3.71. The van der Waals surface area contributed by atoms with Crippen molar-refractivity contribution < 1.29 is 27.9 Å². The van der Waals surface area contributed by atoms with Gasteiger partial charge in [-0.1, -0.05) is 24.3 Å². The first-order valence-electron chi connectivity index (χ1n) is 9.30. The van der Waals surface area contributed by atoms with E-state index >= 15 is 0 Å². The van der Waals surface area contributed by atoms with Gasteiger partial charge in [-0.3, -0.25) is 14.5 Å². The van der Waals surface area contributed by atoms with E-state index in [4.69, 9.17) is 5.11 Å². The van der Waals surface area contributed by atoms with Crippen molar-refractivity contribution in [1.29, 1.82) is 0 Å². The lowest BCUT2D eigenvalue weighted by Crippen LogP contribution is -2.29. The highest BCUT2D eigenvalue weighted by molar-refractivity contribution is 7.89. The van der Waals surface area contributed by atoms with E-state index in [-0.39, 0.29) is 36.3 Å². The van der Waals surface area contributed by atoms with Crippen molar-refractivity contribution in [3.63, 3.8) is 0 Å². The highest BCUT2D eigenvalue weighted by atomic mass is 32.2. The molecule has 0 aromatic heterocycles. The molecular formula is C20H21N3O6S. The van der Waals surface area contributed by atoms with Gasteiger partial charge in [0.05, 0.1) is 22.6 Å². The lowest BCUT2D eigenvalue weighted by Gasteiger charge is -2.14. The quantitative estimate of drug-likeness (QED) is 0.410. The zero-order valence-corrected chi connectivity index (χ0v) is 16.8. The second kappa shape index (κ2) is 9.06. The molecule has 1 aliphatic heterocycles. The summed E-state index contributed by atoms with van der Waals surface area (Å²) < 4.78 is 27.1. The third-order valence-electron chi connectivity index (χ3n) is 4.62. The maximum absolute atomic E-state index is 12.4. The number of nitrogens with zero attached hydrogens (tertiary/aromatic N) is 1. The standard InChI is InChI=1S/C20H21N3O6S/c24-18-16-5-1-2-6-17(16)19(25)23(18)13-14-7-9-15(10-8-14)30(28,29)22-12-4-3-11-21-20(26)27/h1-2,5-10,21-22H,3-4,11-13H2,(H,26,27). The van der Waals surface area contributed by atoms with Crippen molar-refractivity contribution in [2.45, 2.75) is 24.3 Å². The predicted molar refractivity (Wildman–Crippen MR) is 108 cm³/mol. The second-order valence-electron chi connectivity index (χ2n) is 6.72. The number of rotatable bonds is 9. The molecule has 2 aromatic rings. The number of hydrogen-bond acceptors (Lipinski definition) is 5. The highest BCUT2D eigenvalue weighted by Gasteiger charge is 2.34.